The van der Waals surface area contributed by atoms with Gasteiger partial charge in [0.1, 0.15) is 5.56 Å². The van der Waals surface area contributed by atoms with E-state index in [-0.39, 0.29) is 28.3 Å². The van der Waals surface area contributed by atoms with E-state index in [9.17, 15) is 13.6 Å². The van der Waals surface area contributed by atoms with E-state index in [1.54, 1.807) is 11.6 Å². The summed E-state index contributed by atoms with van der Waals surface area (Å²) in [6, 6.07) is 0. The number of hydrogen-bond donors (Lipinski definition) is 2. The maximum Gasteiger partial charge on any atom is 0.263 e. The minimum absolute atomic E-state index is 0.0600. The molecule has 9 nitrogen and oxygen atoms in total. The number of nitrogens with zero attached hydrogens (tertiary/aromatic N) is 6. The number of pyridine rings is 1. The Labute approximate surface area is 150 Å². The van der Waals surface area contributed by atoms with Gasteiger partial charge in [-0.05, 0) is 0 Å². The van der Waals surface area contributed by atoms with E-state index >= 15 is 0 Å². The lowest BCUT2D eigenvalue weighted by atomic mass is 10.1. The Morgan fingerprint density at radius 1 is 1.19 bits per heavy atom. The summed E-state index contributed by atoms with van der Waals surface area (Å²) in [6.07, 6.45) is 7.28. The molecule has 136 valence electrons. The third kappa shape index (κ3) is 2.74. The van der Waals surface area contributed by atoms with Crippen molar-refractivity contribution >= 4 is 23.1 Å². The van der Waals surface area contributed by atoms with E-state index in [1.165, 1.54) is 18.7 Å². The zero-order chi connectivity index (χ0) is 19.1. The highest BCUT2D eigenvalue weighted by molar-refractivity contribution is 6.12. The average molecular weight is 372 g/mol. The maximum atomic E-state index is 14.4. The number of fused-ring (bicyclic) bond motifs is 1. The number of aromatic nitrogens is 6. The third-order valence-corrected chi connectivity index (χ3v) is 3.92. The molecule has 0 aliphatic carbocycles. The summed E-state index contributed by atoms with van der Waals surface area (Å²) in [6.45, 7) is 0. The molecule has 0 radical (unpaired) electrons. The number of nitrogens with one attached hydrogen (secondary N) is 1. The molecule has 1 amide bonds. The molecule has 4 rings (SSSR count). The second kappa shape index (κ2) is 6.12. The van der Waals surface area contributed by atoms with Crippen LogP contribution in [0.2, 0.25) is 0 Å². The standard InChI is InChI=1S/C16H12F2N8O/c1-25-7-21-5-11(25)12-9(18)3-20-4-10(12)23-16(27)13-14(19)24-26-6-8(17)2-22-15(13)26/h2-7H,1H3,(H2,19,24)(H,23,27)/i1+1,14+1. The summed E-state index contributed by atoms with van der Waals surface area (Å²) in [5.41, 5.74) is 6.47. The lowest BCUT2D eigenvalue weighted by molar-refractivity contribution is 0.102. The SMILES string of the molecule is [13CH3]n1cncc1-c1c(F)cncc1NC(=O)c1c2ncc(F)cn2n[13c]1N. The van der Waals surface area contributed by atoms with Crippen molar-refractivity contribution in [3.8, 4) is 11.3 Å². The minimum Gasteiger partial charge on any atom is -0.381 e. The second-order valence-corrected chi connectivity index (χ2v) is 5.69. The highest BCUT2D eigenvalue weighted by Gasteiger charge is 2.22. The van der Waals surface area contributed by atoms with Gasteiger partial charge in [0.15, 0.2) is 23.1 Å². The molecule has 0 aliphatic rings. The summed E-state index contributed by atoms with van der Waals surface area (Å²) < 4.78 is 30.4. The van der Waals surface area contributed by atoms with E-state index in [0.717, 1.165) is 23.1 Å². The predicted molar refractivity (Wildman–Crippen MR) is 91.7 cm³/mol. The molecular formula is C16H12F2N8O. The average Bonchev–Trinajstić information content (AvgIpc) is 3.17. The Bertz CT molecular complexity index is 1180. The zero-order valence-corrected chi connectivity index (χ0v) is 13.9. The molecule has 0 saturated heterocycles. The maximum absolute atomic E-state index is 14.4. The van der Waals surface area contributed by atoms with Crippen molar-refractivity contribution in [1.29, 1.82) is 0 Å². The summed E-state index contributed by atoms with van der Waals surface area (Å²) in [5.74, 6) is -2.09. The first-order chi connectivity index (χ1) is 13.0. The van der Waals surface area contributed by atoms with Crippen LogP contribution in [-0.2, 0) is 7.05 Å². The first-order valence-electron chi connectivity index (χ1n) is 7.66. The summed E-state index contributed by atoms with van der Waals surface area (Å²) in [4.78, 5) is 24.3. The molecule has 4 aromatic heterocycles. The second-order valence-electron chi connectivity index (χ2n) is 5.69. The van der Waals surface area contributed by atoms with Crippen LogP contribution in [0.3, 0.4) is 0 Å². The Morgan fingerprint density at radius 3 is 2.74 bits per heavy atom. The number of anilines is 2. The minimum atomic E-state index is -0.683. The first-order valence-corrected chi connectivity index (χ1v) is 7.66. The molecule has 0 fully saturated rings. The number of carbonyl (C=O) groups is 1. The van der Waals surface area contributed by atoms with Crippen LogP contribution in [0.1, 0.15) is 10.4 Å². The van der Waals surface area contributed by atoms with Gasteiger partial charge in [-0.25, -0.2) is 23.3 Å². The van der Waals surface area contributed by atoms with Gasteiger partial charge in [-0.2, -0.15) is 0 Å². The van der Waals surface area contributed by atoms with Crippen LogP contribution in [0.5, 0.6) is 0 Å². The van der Waals surface area contributed by atoms with Crippen molar-refractivity contribution in [2.45, 2.75) is 0 Å². The molecule has 0 spiro atoms. The molecule has 0 saturated carbocycles. The van der Waals surface area contributed by atoms with Crippen LogP contribution in [0.4, 0.5) is 20.3 Å². The molecule has 4 aromatic rings. The van der Waals surface area contributed by atoms with E-state index < -0.39 is 17.5 Å². The van der Waals surface area contributed by atoms with Gasteiger partial charge in [0.2, 0.25) is 0 Å². The van der Waals surface area contributed by atoms with Crippen LogP contribution in [0.25, 0.3) is 16.9 Å². The Morgan fingerprint density at radius 2 is 2.00 bits per heavy atom. The lowest BCUT2D eigenvalue weighted by Crippen LogP contribution is -2.15. The number of hydrogen-bond acceptors (Lipinski definition) is 6. The largest absolute Gasteiger partial charge is 0.381 e. The predicted octanol–water partition coefficient (Wildman–Crippen LogP) is 1.64. The number of imidazole rings is 1. The third-order valence-electron chi connectivity index (χ3n) is 3.92. The number of nitrogen functional groups attached to an aromatic ring is 1. The van der Waals surface area contributed by atoms with Gasteiger partial charge in [0, 0.05) is 7.05 Å². The number of aryl methyl sites for hydroxylation is 1. The topological polar surface area (TPSA) is 116 Å². The van der Waals surface area contributed by atoms with Gasteiger partial charge in [0.05, 0.1) is 54.3 Å². The van der Waals surface area contributed by atoms with Crippen LogP contribution >= 0.6 is 0 Å². The van der Waals surface area contributed by atoms with E-state index in [1.807, 2.05) is 0 Å². The first kappa shape index (κ1) is 16.6. The number of amides is 1. The Balaban J connectivity index is 1.78. The number of carbonyl (C=O) groups excluding carboxylic acids is 1. The highest BCUT2D eigenvalue weighted by Crippen LogP contribution is 2.30. The van der Waals surface area contributed by atoms with Crippen LogP contribution < -0.4 is 11.1 Å². The number of rotatable bonds is 3. The van der Waals surface area contributed by atoms with Gasteiger partial charge in [-0.3, -0.25) is 9.78 Å². The Hall–Kier alpha value is -3.89. The number of halogens is 2. The van der Waals surface area contributed by atoms with Crippen LogP contribution in [0.15, 0.2) is 37.3 Å². The molecule has 0 unspecified atom stereocenters. The quantitative estimate of drug-likeness (QED) is 0.528. The van der Waals surface area contributed by atoms with E-state index in [4.69, 9.17) is 5.73 Å². The van der Waals surface area contributed by atoms with Crippen molar-refractivity contribution < 1.29 is 13.6 Å². The van der Waals surface area contributed by atoms with Gasteiger partial charge in [-0.15, -0.1) is 5.10 Å². The molecule has 11 heteroatoms. The van der Waals surface area contributed by atoms with E-state index in [0.29, 0.717) is 5.69 Å². The van der Waals surface area contributed by atoms with Crippen molar-refractivity contribution in [2.24, 2.45) is 7.05 Å². The fourth-order valence-electron chi connectivity index (χ4n) is 2.72. The summed E-state index contributed by atoms with van der Waals surface area (Å²) >= 11 is 0. The van der Waals surface area contributed by atoms with Crippen LogP contribution in [-0.4, -0.2) is 35.0 Å². The molecule has 3 N–H and O–H groups in total. The smallest absolute Gasteiger partial charge is 0.263 e. The van der Waals surface area contributed by atoms with Gasteiger partial charge >= 0.3 is 0 Å². The molecule has 0 atom stereocenters. The van der Waals surface area contributed by atoms with Gasteiger partial charge < -0.3 is 15.6 Å². The molecule has 27 heavy (non-hydrogen) atoms. The van der Waals surface area contributed by atoms with Gasteiger partial charge in [-0.1, -0.05) is 0 Å². The fraction of sp³-hybridized carbons (Fsp3) is 0.0625. The summed E-state index contributed by atoms with van der Waals surface area (Å²) in [5, 5.41) is 6.44. The molecule has 0 aromatic carbocycles. The Kier molecular flexibility index (Phi) is 3.76. The fourth-order valence-corrected chi connectivity index (χ4v) is 2.72. The molecule has 0 bridgehead atoms. The van der Waals surface area contributed by atoms with Gasteiger partial charge in [0.25, 0.3) is 5.91 Å². The highest BCUT2D eigenvalue weighted by atomic mass is 19.1. The normalized spacial score (nSPS) is 11.1. The van der Waals surface area contributed by atoms with Crippen LogP contribution in [0, 0.1) is 11.6 Å². The molecule has 4 heterocycles. The summed E-state index contributed by atoms with van der Waals surface area (Å²) in [7, 11) is 1.69. The van der Waals surface area contributed by atoms with Crippen molar-refractivity contribution in [1.82, 2.24) is 29.1 Å². The van der Waals surface area contributed by atoms with E-state index in [2.05, 4.69) is 25.4 Å². The molecule has 0 aliphatic heterocycles. The monoisotopic (exact) mass is 372 g/mol. The van der Waals surface area contributed by atoms with Crippen molar-refractivity contribution in [3.63, 3.8) is 0 Å². The van der Waals surface area contributed by atoms with Crippen molar-refractivity contribution in [3.05, 3.63) is 54.5 Å². The van der Waals surface area contributed by atoms with Crippen molar-refractivity contribution in [2.75, 3.05) is 11.1 Å². The number of nitrogens with two attached hydrogens (primary N) is 1. The zero-order valence-electron chi connectivity index (χ0n) is 13.9. The lowest BCUT2D eigenvalue weighted by Gasteiger charge is -2.11. The molecular weight excluding hydrogens is 360 g/mol.